The van der Waals surface area contributed by atoms with Crippen molar-refractivity contribution < 1.29 is 14.6 Å². The van der Waals surface area contributed by atoms with E-state index in [-0.39, 0.29) is 11.9 Å². The second-order valence-corrected chi connectivity index (χ2v) is 4.32. The molecule has 0 aliphatic rings. The van der Waals surface area contributed by atoms with Crippen molar-refractivity contribution in [2.24, 2.45) is 5.92 Å². The van der Waals surface area contributed by atoms with E-state index in [1.54, 1.807) is 6.92 Å². The topological polar surface area (TPSA) is 46.5 Å². The number of hydrogen-bond acceptors (Lipinski definition) is 3. The van der Waals surface area contributed by atoms with E-state index in [1.807, 2.05) is 20.8 Å². The van der Waals surface area contributed by atoms with Gasteiger partial charge in [-0.3, -0.25) is 4.79 Å². The Morgan fingerprint density at radius 2 is 1.69 bits per heavy atom. The fourth-order valence-electron chi connectivity index (χ4n) is 2.35. The van der Waals surface area contributed by atoms with Crippen molar-refractivity contribution in [3.05, 3.63) is 0 Å². The number of esters is 1. The zero-order valence-corrected chi connectivity index (χ0v) is 11.1. The van der Waals surface area contributed by atoms with Crippen LogP contribution in [0.3, 0.4) is 0 Å². The van der Waals surface area contributed by atoms with Crippen molar-refractivity contribution >= 4 is 5.97 Å². The van der Waals surface area contributed by atoms with Crippen LogP contribution in [0.5, 0.6) is 0 Å². The second-order valence-electron chi connectivity index (χ2n) is 4.32. The van der Waals surface area contributed by atoms with Crippen molar-refractivity contribution in [3.8, 4) is 0 Å². The number of aliphatic hydroxyl groups is 1. The third kappa shape index (κ3) is 4.12. The molecule has 1 atom stereocenters. The van der Waals surface area contributed by atoms with Crippen molar-refractivity contribution in [2.75, 3.05) is 6.61 Å². The largest absolute Gasteiger partial charge is 0.466 e. The van der Waals surface area contributed by atoms with E-state index in [0.717, 1.165) is 12.8 Å². The SMILES string of the molecule is CCCC(O)(CCC)C(CC)C(=O)OCC. The summed E-state index contributed by atoms with van der Waals surface area (Å²) in [7, 11) is 0. The van der Waals surface area contributed by atoms with Crippen molar-refractivity contribution in [2.45, 2.75) is 65.4 Å². The van der Waals surface area contributed by atoms with Crippen molar-refractivity contribution in [3.63, 3.8) is 0 Å². The Kier molecular flexibility index (Phi) is 7.39. The molecule has 3 heteroatoms. The smallest absolute Gasteiger partial charge is 0.311 e. The van der Waals surface area contributed by atoms with Crippen LogP contribution in [0.4, 0.5) is 0 Å². The minimum absolute atomic E-state index is 0.255. The summed E-state index contributed by atoms with van der Waals surface area (Å²) in [6, 6.07) is 0. The first-order valence-corrected chi connectivity index (χ1v) is 6.44. The Labute approximate surface area is 99.2 Å². The van der Waals surface area contributed by atoms with Crippen LogP contribution in [0, 0.1) is 5.92 Å². The Hall–Kier alpha value is -0.570. The lowest BCUT2D eigenvalue weighted by atomic mass is 9.79. The van der Waals surface area contributed by atoms with Gasteiger partial charge in [0.2, 0.25) is 0 Å². The van der Waals surface area contributed by atoms with E-state index >= 15 is 0 Å². The van der Waals surface area contributed by atoms with Gasteiger partial charge in [0.15, 0.2) is 0 Å². The Bertz CT molecular complexity index is 195. The molecule has 3 nitrogen and oxygen atoms in total. The molecule has 0 aliphatic heterocycles. The van der Waals surface area contributed by atoms with Crippen LogP contribution >= 0.6 is 0 Å². The van der Waals surface area contributed by atoms with Crippen molar-refractivity contribution in [1.29, 1.82) is 0 Å². The zero-order chi connectivity index (χ0) is 12.6. The molecule has 16 heavy (non-hydrogen) atoms. The summed E-state index contributed by atoms with van der Waals surface area (Å²) < 4.78 is 5.03. The monoisotopic (exact) mass is 230 g/mol. The van der Waals surface area contributed by atoms with Gasteiger partial charge >= 0.3 is 5.97 Å². The predicted molar refractivity (Wildman–Crippen MR) is 65.2 cm³/mol. The molecule has 0 rings (SSSR count). The number of hydrogen-bond donors (Lipinski definition) is 1. The lowest BCUT2D eigenvalue weighted by Gasteiger charge is -2.34. The maximum Gasteiger partial charge on any atom is 0.311 e. The Morgan fingerprint density at radius 3 is 2.00 bits per heavy atom. The molecule has 1 N–H and O–H groups in total. The van der Waals surface area contributed by atoms with E-state index < -0.39 is 5.60 Å². The van der Waals surface area contributed by atoms with E-state index in [0.29, 0.717) is 25.9 Å². The van der Waals surface area contributed by atoms with Crippen LogP contribution in [0.1, 0.15) is 59.8 Å². The molecule has 0 saturated heterocycles. The highest BCUT2D eigenvalue weighted by molar-refractivity contribution is 5.73. The minimum atomic E-state index is -0.884. The number of carbonyl (C=O) groups is 1. The highest BCUT2D eigenvalue weighted by atomic mass is 16.5. The molecular formula is C13H26O3. The molecule has 0 radical (unpaired) electrons. The maximum absolute atomic E-state index is 11.8. The normalized spacial score (nSPS) is 13.6. The minimum Gasteiger partial charge on any atom is -0.466 e. The molecule has 0 heterocycles. The van der Waals surface area contributed by atoms with E-state index in [1.165, 1.54) is 0 Å². The van der Waals surface area contributed by atoms with Gasteiger partial charge in [0.25, 0.3) is 0 Å². The highest BCUT2D eigenvalue weighted by Crippen LogP contribution is 2.31. The molecule has 0 spiro atoms. The Morgan fingerprint density at radius 1 is 1.19 bits per heavy atom. The van der Waals surface area contributed by atoms with Gasteiger partial charge in [-0.25, -0.2) is 0 Å². The fourth-order valence-corrected chi connectivity index (χ4v) is 2.35. The number of rotatable bonds is 8. The summed E-state index contributed by atoms with van der Waals surface area (Å²) in [5, 5.41) is 10.6. The molecule has 0 fully saturated rings. The third-order valence-electron chi connectivity index (χ3n) is 2.99. The van der Waals surface area contributed by atoms with Crippen LogP contribution in [0.25, 0.3) is 0 Å². The zero-order valence-electron chi connectivity index (χ0n) is 11.1. The van der Waals surface area contributed by atoms with Crippen LogP contribution in [0.2, 0.25) is 0 Å². The molecule has 0 saturated carbocycles. The molecule has 0 amide bonds. The lowest BCUT2D eigenvalue weighted by molar-refractivity contribution is -0.160. The first-order valence-electron chi connectivity index (χ1n) is 6.44. The third-order valence-corrected chi connectivity index (χ3v) is 2.99. The van der Waals surface area contributed by atoms with Gasteiger partial charge in [-0.1, -0.05) is 33.6 Å². The predicted octanol–water partition coefficient (Wildman–Crippen LogP) is 2.91. The van der Waals surface area contributed by atoms with E-state index in [4.69, 9.17) is 4.74 Å². The van der Waals surface area contributed by atoms with Crippen LogP contribution in [0.15, 0.2) is 0 Å². The van der Waals surface area contributed by atoms with Crippen LogP contribution in [-0.2, 0) is 9.53 Å². The van der Waals surface area contributed by atoms with Gasteiger partial charge in [0, 0.05) is 0 Å². The molecule has 1 unspecified atom stereocenters. The first kappa shape index (κ1) is 15.4. The number of ether oxygens (including phenoxy) is 1. The van der Waals surface area contributed by atoms with E-state index in [9.17, 15) is 9.90 Å². The van der Waals surface area contributed by atoms with Gasteiger partial charge in [-0.05, 0) is 26.2 Å². The van der Waals surface area contributed by atoms with E-state index in [2.05, 4.69) is 0 Å². The molecule has 0 bridgehead atoms. The maximum atomic E-state index is 11.8. The van der Waals surface area contributed by atoms with Gasteiger partial charge in [-0.2, -0.15) is 0 Å². The van der Waals surface area contributed by atoms with Crippen molar-refractivity contribution in [1.82, 2.24) is 0 Å². The highest BCUT2D eigenvalue weighted by Gasteiger charge is 2.39. The second kappa shape index (κ2) is 7.66. The molecular weight excluding hydrogens is 204 g/mol. The van der Waals surface area contributed by atoms with Gasteiger partial charge < -0.3 is 9.84 Å². The summed E-state index contributed by atoms with van der Waals surface area (Å²) in [6.45, 7) is 8.15. The average Bonchev–Trinajstić information content (AvgIpc) is 2.19. The summed E-state index contributed by atoms with van der Waals surface area (Å²) >= 11 is 0. The number of carbonyl (C=O) groups excluding carboxylic acids is 1. The molecule has 96 valence electrons. The van der Waals surface area contributed by atoms with Gasteiger partial charge in [0.1, 0.15) is 0 Å². The van der Waals surface area contributed by atoms with Gasteiger partial charge in [-0.15, -0.1) is 0 Å². The summed E-state index contributed by atoms with van der Waals surface area (Å²) in [6.07, 6.45) is 3.73. The van der Waals surface area contributed by atoms with Gasteiger partial charge in [0.05, 0.1) is 18.1 Å². The summed E-state index contributed by atoms with van der Waals surface area (Å²) in [4.78, 5) is 11.8. The lowest BCUT2D eigenvalue weighted by Crippen LogP contribution is -2.42. The average molecular weight is 230 g/mol. The Balaban J connectivity index is 4.75. The molecule has 0 aromatic carbocycles. The standard InChI is InChI=1S/C13H26O3/c1-5-9-13(15,10-6-2)11(7-3)12(14)16-8-4/h11,15H,5-10H2,1-4H3. The quantitative estimate of drug-likeness (QED) is 0.652. The fraction of sp³-hybridized carbons (Fsp3) is 0.923. The van der Waals surface area contributed by atoms with Crippen LogP contribution < -0.4 is 0 Å². The summed E-state index contributed by atoms with van der Waals surface area (Å²) in [5.74, 6) is -0.637. The first-order chi connectivity index (χ1) is 7.55. The molecule has 0 aromatic rings. The summed E-state index contributed by atoms with van der Waals surface area (Å²) in [5.41, 5.74) is -0.884. The molecule has 0 aromatic heterocycles. The molecule has 0 aliphatic carbocycles. The van der Waals surface area contributed by atoms with Crippen LogP contribution in [-0.4, -0.2) is 23.3 Å².